The Labute approximate surface area is 273 Å². The Balaban J connectivity index is 0.00000264. The summed E-state index contributed by atoms with van der Waals surface area (Å²) in [6.45, 7) is 0. The quantitative estimate of drug-likeness (QED) is 0.0725. The van der Waals surface area contributed by atoms with Gasteiger partial charge in [-0.05, 0) is 53.9 Å². The zero-order valence-electron chi connectivity index (χ0n) is 22.6. The number of azo groups is 1. The maximum atomic E-state index is 12.3. The first-order valence-electron chi connectivity index (χ1n) is 11.7. The molecule has 5 aromatic carbocycles. The molecule has 0 aliphatic carbocycles. The molecule has 44 heavy (non-hydrogen) atoms. The number of phenols is 1. The van der Waals surface area contributed by atoms with Crippen LogP contribution in [0.15, 0.2) is 110 Å². The molecule has 5 aromatic rings. The average Bonchev–Trinajstić information content (AvgIpc) is 2.90. The monoisotopic (exact) mass is 669 g/mol. The summed E-state index contributed by atoms with van der Waals surface area (Å²) in [6.07, 6.45) is 0. The molecule has 14 nitrogen and oxygen atoms in total. The molecule has 8 N–H and O–H groups in total. The molecule has 0 aromatic heterocycles. The minimum absolute atomic E-state index is 0. The van der Waals surface area contributed by atoms with E-state index in [1.165, 1.54) is 30.3 Å². The van der Waals surface area contributed by atoms with E-state index in [1.54, 1.807) is 30.3 Å². The Morgan fingerprint density at radius 1 is 0.614 bits per heavy atom. The van der Waals surface area contributed by atoms with Crippen LogP contribution in [-0.2, 0) is 30.4 Å². The molecule has 0 spiro atoms. The van der Waals surface area contributed by atoms with E-state index in [1.807, 2.05) is 0 Å². The zero-order chi connectivity index (χ0) is 30.4. The summed E-state index contributed by atoms with van der Waals surface area (Å²) < 4.78 is 101. The van der Waals surface area contributed by atoms with Gasteiger partial charge in [0.25, 0.3) is 30.4 Å². The van der Waals surface area contributed by atoms with E-state index < -0.39 is 50.8 Å². The number of nitrogens with zero attached hydrogens (tertiary/aromatic N) is 2. The van der Waals surface area contributed by atoms with Crippen molar-refractivity contribution in [3.8, 4) is 5.75 Å². The van der Waals surface area contributed by atoms with Crippen LogP contribution in [-0.4, -0.2) is 73.6 Å². The molecule has 0 saturated heterocycles. The van der Waals surface area contributed by atoms with Gasteiger partial charge in [0, 0.05) is 57.8 Å². The smallest absolute Gasteiger partial charge is 0.295 e. The summed E-state index contributed by atoms with van der Waals surface area (Å²) in [4.78, 5) is -1.88. The van der Waals surface area contributed by atoms with E-state index >= 15 is 0 Å². The van der Waals surface area contributed by atoms with E-state index in [0.717, 1.165) is 24.3 Å². The fraction of sp³-hybridized carbons (Fsp3) is 0. The largest absolute Gasteiger partial charge is 0.507 e. The van der Waals surface area contributed by atoms with Crippen LogP contribution in [0.4, 0.5) is 22.7 Å². The van der Waals surface area contributed by atoms with Gasteiger partial charge in [0.2, 0.25) is 0 Å². The van der Waals surface area contributed by atoms with Gasteiger partial charge in [-0.2, -0.15) is 25.3 Å². The third kappa shape index (κ3) is 7.24. The molecule has 0 bridgehead atoms. The molecule has 0 amide bonds. The molecule has 0 heterocycles. The van der Waals surface area contributed by atoms with Crippen molar-refractivity contribution in [2.75, 3.05) is 5.32 Å². The number of nitrogens with one attached hydrogen (secondary N) is 1. The molecule has 0 fully saturated rings. The fourth-order valence-corrected chi connectivity index (χ4v) is 6.14. The van der Waals surface area contributed by atoms with Crippen molar-refractivity contribution < 1.29 is 44.0 Å². The van der Waals surface area contributed by atoms with Gasteiger partial charge in [-0.25, -0.2) is 0 Å². The number of hydrogen-bond donors (Lipinski definition) is 6. The second-order valence-corrected chi connectivity index (χ2v) is 13.1. The van der Waals surface area contributed by atoms with E-state index in [0.29, 0.717) is 11.4 Å². The Bertz CT molecular complexity index is 2260. The molecule has 0 saturated carbocycles. The van der Waals surface area contributed by atoms with Crippen LogP contribution < -0.4 is 11.5 Å². The zero-order valence-corrected chi connectivity index (χ0v) is 27.1. The average molecular weight is 670 g/mol. The molecule has 0 aliphatic heterocycles. The second kappa shape index (κ2) is 12.9. The maximum Gasteiger partial charge on any atom is 0.295 e. The van der Waals surface area contributed by atoms with Gasteiger partial charge >= 0.3 is 0 Å². The van der Waals surface area contributed by atoms with Gasteiger partial charge in [-0.15, -0.1) is 10.2 Å². The predicted octanol–water partition coefficient (Wildman–Crippen LogP) is 5.38. The fourth-order valence-electron chi connectivity index (χ4n) is 4.34. The third-order valence-corrected chi connectivity index (χ3v) is 8.68. The summed E-state index contributed by atoms with van der Waals surface area (Å²) in [5.41, 5.74) is 0.669. The maximum absolute atomic E-state index is 12.3. The first-order valence-corrected chi connectivity index (χ1v) is 16.0. The van der Waals surface area contributed by atoms with Crippen LogP contribution in [0.2, 0.25) is 0 Å². The first kappa shape index (κ1) is 35.0. The molecule has 0 atom stereocenters. The van der Waals surface area contributed by atoms with E-state index in [9.17, 15) is 44.0 Å². The summed E-state index contributed by atoms with van der Waals surface area (Å²) in [5, 5.41) is 21.7. The third-order valence-electron chi connectivity index (χ3n) is 6.13. The summed E-state index contributed by atoms with van der Waals surface area (Å²) in [5.74, 6) is -0.697. The summed E-state index contributed by atoms with van der Waals surface area (Å²) in [6, 6.07) is 19.2. The van der Waals surface area contributed by atoms with Crippen LogP contribution in [0, 0.1) is 0 Å². The van der Waals surface area contributed by atoms with E-state index in [2.05, 4.69) is 15.5 Å². The minimum Gasteiger partial charge on any atom is -0.507 e. The number of hydrogen-bond acceptors (Lipinski definition) is 11. The number of fused-ring (bicyclic) bond motifs is 2. The van der Waals surface area contributed by atoms with E-state index in [4.69, 9.17) is 0 Å². The molecule has 225 valence electrons. The number of para-hydroxylation sites is 1. The molecule has 1 radical (unpaired) electrons. The number of benzene rings is 5. The predicted molar refractivity (Wildman–Crippen MR) is 164 cm³/mol. The van der Waals surface area contributed by atoms with Crippen molar-refractivity contribution >= 4 is 104 Å². The van der Waals surface area contributed by atoms with Gasteiger partial charge in [-0.3, -0.25) is 13.7 Å². The van der Waals surface area contributed by atoms with Gasteiger partial charge < -0.3 is 16.6 Å². The number of rotatable bonds is 7. The van der Waals surface area contributed by atoms with Crippen LogP contribution in [0.3, 0.4) is 0 Å². The molecule has 0 aliphatic rings. The van der Waals surface area contributed by atoms with Crippen molar-refractivity contribution in [1.29, 1.82) is 0 Å². The molecule has 0 unspecified atom stereocenters. The number of phenolic OH excluding ortho intramolecular Hbond substituents is 1. The standard InChI is InChI=1S/C26H19N3O10S3.H3N.Na/c30-23-14-18(41(34,35)36)12-15-11-17(40(31,32)33)13-22(25(15)23)29-28-20-9-10-21(27-16-5-2-1-3-6-16)26-19(20)7-4-8-24(26)42(37,38)39;;/h1-14,27,30H,(H,31,32,33)(H,34,35,36)(H,37,38,39);1H3;. The van der Waals surface area contributed by atoms with Crippen molar-refractivity contribution in [3.63, 3.8) is 0 Å². The van der Waals surface area contributed by atoms with Gasteiger partial charge in [-0.1, -0.05) is 30.3 Å². The van der Waals surface area contributed by atoms with Gasteiger partial charge in [0.15, 0.2) is 0 Å². The van der Waals surface area contributed by atoms with Gasteiger partial charge in [0.05, 0.1) is 26.6 Å². The van der Waals surface area contributed by atoms with Crippen molar-refractivity contribution in [1.82, 2.24) is 6.15 Å². The Hall–Kier alpha value is -3.49. The molecule has 5 rings (SSSR count). The van der Waals surface area contributed by atoms with Crippen molar-refractivity contribution in [2.24, 2.45) is 10.2 Å². The van der Waals surface area contributed by atoms with Gasteiger partial charge in [0.1, 0.15) is 10.6 Å². The molecular weight excluding hydrogens is 647 g/mol. The Kier molecular flexibility index (Phi) is 10.2. The molecular formula is C26H22N4NaO10S3. The van der Waals surface area contributed by atoms with Crippen molar-refractivity contribution in [3.05, 3.63) is 84.9 Å². The Morgan fingerprint density at radius 2 is 1.20 bits per heavy atom. The summed E-state index contributed by atoms with van der Waals surface area (Å²) in [7, 11) is -14.4. The van der Waals surface area contributed by atoms with E-state index in [-0.39, 0.29) is 68.6 Å². The number of aromatic hydroxyl groups is 1. The second-order valence-electron chi connectivity index (χ2n) is 8.91. The van der Waals surface area contributed by atoms with Crippen LogP contribution in [0.25, 0.3) is 21.5 Å². The summed E-state index contributed by atoms with van der Waals surface area (Å²) >= 11 is 0. The van der Waals surface area contributed by atoms with Crippen molar-refractivity contribution in [2.45, 2.75) is 14.7 Å². The SMILES string of the molecule is N.O=S(=O)(O)c1cc(O)c2c(N=Nc3ccc(Nc4ccccc4)c4c(S(=O)(=O)O)cccc34)cc(S(=O)(=O)O)cc2c1.[Na]. The normalized spacial score (nSPS) is 12.2. The van der Waals surface area contributed by atoms with Crippen LogP contribution >= 0.6 is 0 Å². The molecule has 18 heteroatoms. The minimum atomic E-state index is -4.85. The topological polar surface area (TPSA) is 255 Å². The Morgan fingerprint density at radius 3 is 1.80 bits per heavy atom. The van der Waals surface area contributed by atoms with Crippen LogP contribution in [0.1, 0.15) is 0 Å². The number of anilines is 2. The van der Waals surface area contributed by atoms with Crippen LogP contribution in [0.5, 0.6) is 5.75 Å². The first-order chi connectivity index (χ1) is 19.6.